The maximum Gasteiger partial charge on any atom is 0.186 e. The molecule has 0 heterocycles. The third kappa shape index (κ3) is 6.85. The minimum Gasteiger partial charge on any atom is -0.418 e. The van der Waals surface area contributed by atoms with Crippen LogP contribution >= 0.6 is 0 Å². The summed E-state index contributed by atoms with van der Waals surface area (Å²) in [6.45, 7) is 12.5. The van der Waals surface area contributed by atoms with Crippen LogP contribution in [0.5, 0.6) is 0 Å². The molecule has 0 aliphatic rings. The summed E-state index contributed by atoms with van der Waals surface area (Å²) >= 11 is 0. The van der Waals surface area contributed by atoms with Crippen LogP contribution in [0.3, 0.4) is 0 Å². The molecule has 0 aromatic carbocycles. The van der Waals surface area contributed by atoms with Crippen LogP contribution < -0.4 is 0 Å². The second-order valence-corrected chi connectivity index (χ2v) is 9.51. The average Bonchev–Trinajstić information content (AvgIpc) is 2.32. The van der Waals surface area contributed by atoms with Crippen LogP contribution in [0.2, 0.25) is 19.1 Å². The molecule has 0 fully saturated rings. The van der Waals surface area contributed by atoms with Gasteiger partial charge in [-0.3, -0.25) is 4.90 Å². The molecule has 0 aliphatic heterocycles. The van der Waals surface area contributed by atoms with E-state index in [-0.39, 0.29) is 12.5 Å². The van der Waals surface area contributed by atoms with Crippen molar-refractivity contribution in [2.75, 3.05) is 27.4 Å². The summed E-state index contributed by atoms with van der Waals surface area (Å²) in [7, 11) is 2.00. The lowest BCUT2D eigenvalue weighted by Gasteiger charge is -2.33. The first-order chi connectivity index (χ1) is 8.37. The fraction of sp³-hybridized carbons (Fsp3) is 1.00. The Morgan fingerprint density at radius 3 is 1.94 bits per heavy atom. The van der Waals surface area contributed by atoms with E-state index in [1.807, 2.05) is 0 Å². The van der Waals surface area contributed by atoms with Crippen molar-refractivity contribution in [2.24, 2.45) is 0 Å². The zero-order valence-electron chi connectivity index (χ0n) is 13.2. The van der Waals surface area contributed by atoms with E-state index in [2.05, 4.69) is 38.8 Å². The lowest BCUT2D eigenvalue weighted by atomic mass is 10.3. The first-order valence-electron chi connectivity index (χ1n) is 6.83. The predicted molar refractivity (Wildman–Crippen MR) is 78.2 cm³/mol. The number of ether oxygens (including phenoxy) is 2. The van der Waals surface area contributed by atoms with Crippen molar-refractivity contribution in [1.29, 1.82) is 0 Å². The maximum absolute atomic E-state index is 5.84. The van der Waals surface area contributed by atoms with Crippen LogP contribution in [0.4, 0.5) is 0 Å². The molecule has 0 saturated heterocycles. The Labute approximate surface area is 114 Å². The summed E-state index contributed by atoms with van der Waals surface area (Å²) in [6.07, 6.45) is 1.29. The molecule has 4 nitrogen and oxygen atoms in total. The smallest absolute Gasteiger partial charge is 0.186 e. The van der Waals surface area contributed by atoms with Crippen LogP contribution in [0.1, 0.15) is 27.2 Å². The Balaban J connectivity index is 4.19. The zero-order chi connectivity index (χ0) is 14.2. The summed E-state index contributed by atoms with van der Waals surface area (Å²) in [4.78, 5) is 2.23. The Hall–Kier alpha value is 0.0569. The van der Waals surface area contributed by atoms with E-state index < -0.39 is 8.32 Å². The van der Waals surface area contributed by atoms with Gasteiger partial charge in [0.2, 0.25) is 0 Å². The van der Waals surface area contributed by atoms with Gasteiger partial charge in [0.05, 0.1) is 0 Å². The van der Waals surface area contributed by atoms with E-state index in [1.54, 1.807) is 14.2 Å². The molecule has 0 spiro atoms. The quantitative estimate of drug-likeness (QED) is 0.454. The van der Waals surface area contributed by atoms with Gasteiger partial charge in [0.25, 0.3) is 0 Å². The average molecular weight is 277 g/mol. The van der Waals surface area contributed by atoms with E-state index in [9.17, 15) is 0 Å². The number of hydrogen-bond acceptors (Lipinski definition) is 4. The van der Waals surface area contributed by atoms with E-state index in [4.69, 9.17) is 13.9 Å². The lowest BCUT2D eigenvalue weighted by molar-refractivity contribution is -0.116. The molecule has 18 heavy (non-hydrogen) atoms. The summed E-state index contributed by atoms with van der Waals surface area (Å²) in [5.41, 5.74) is 0. The fourth-order valence-corrected chi connectivity index (χ4v) is 4.02. The van der Waals surface area contributed by atoms with Gasteiger partial charge in [-0.1, -0.05) is 0 Å². The first kappa shape index (κ1) is 18.1. The van der Waals surface area contributed by atoms with Gasteiger partial charge in [0.15, 0.2) is 8.32 Å². The van der Waals surface area contributed by atoms with Crippen molar-refractivity contribution in [2.45, 2.75) is 58.8 Å². The second-order valence-electron chi connectivity index (χ2n) is 5.20. The first-order valence-corrected chi connectivity index (χ1v) is 9.94. The monoisotopic (exact) mass is 277 g/mol. The molecular formula is C13H31NO3Si. The summed E-state index contributed by atoms with van der Waals surface area (Å²) < 4.78 is 16.6. The van der Waals surface area contributed by atoms with Gasteiger partial charge in [-0.25, -0.2) is 0 Å². The molecule has 110 valence electrons. The molecule has 0 bridgehead atoms. The zero-order valence-corrected chi connectivity index (χ0v) is 14.2. The Bertz CT molecular complexity index is 204. The number of nitrogens with zero attached hydrogens (tertiary/aromatic N) is 1. The summed E-state index contributed by atoms with van der Waals surface area (Å²) in [6, 6.07) is 1.17. The van der Waals surface area contributed by atoms with Crippen LogP contribution in [-0.4, -0.2) is 53.0 Å². The summed E-state index contributed by atoms with van der Waals surface area (Å²) in [5, 5.41) is 0. The minimum absolute atomic E-state index is 0.0804. The molecule has 0 amide bonds. The second kappa shape index (κ2) is 9.04. The topological polar surface area (TPSA) is 30.9 Å². The highest BCUT2D eigenvalue weighted by Gasteiger charge is 2.24. The number of rotatable bonds is 10. The maximum atomic E-state index is 5.84. The highest BCUT2D eigenvalue weighted by Crippen LogP contribution is 2.16. The van der Waals surface area contributed by atoms with Crippen LogP contribution in [0.15, 0.2) is 0 Å². The van der Waals surface area contributed by atoms with E-state index in [0.717, 1.165) is 19.6 Å². The molecule has 0 rings (SSSR count). The van der Waals surface area contributed by atoms with Gasteiger partial charge in [-0.2, -0.15) is 0 Å². The molecule has 2 unspecified atom stereocenters. The normalized spacial score (nSPS) is 16.0. The molecule has 0 saturated carbocycles. The number of methoxy groups -OCH3 is 2. The highest BCUT2D eigenvalue weighted by molar-refractivity contribution is 6.71. The van der Waals surface area contributed by atoms with Crippen molar-refractivity contribution >= 4 is 8.32 Å². The van der Waals surface area contributed by atoms with Gasteiger partial charge >= 0.3 is 0 Å². The van der Waals surface area contributed by atoms with Gasteiger partial charge in [-0.05, 0) is 46.3 Å². The van der Waals surface area contributed by atoms with Crippen molar-refractivity contribution in [3.05, 3.63) is 0 Å². The molecule has 2 atom stereocenters. The minimum atomic E-state index is -1.47. The molecule has 5 heteroatoms. The van der Waals surface area contributed by atoms with Crippen LogP contribution in [0.25, 0.3) is 0 Å². The molecule has 0 aromatic rings. The molecule has 0 N–H and O–H groups in total. The largest absolute Gasteiger partial charge is 0.418 e. The molecular weight excluding hydrogens is 246 g/mol. The van der Waals surface area contributed by atoms with Gasteiger partial charge in [0, 0.05) is 27.4 Å². The van der Waals surface area contributed by atoms with Gasteiger partial charge in [0.1, 0.15) is 12.5 Å². The van der Waals surface area contributed by atoms with Crippen LogP contribution in [-0.2, 0) is 13.9 Å². The van der Waals surface area contributed by atoms with Gasteiger partial charge < -0.3 is 13.9 Å². The summed E-state index contributed by atoms with van der Waals surface area (Å²) in [5.74, 6) is 0. The predicted octanol–water partition coefficient (Wildman–Crippen LogP) is 2.90. The van der Waals surface area contributed by atoms with E-state index in [1.165, 1.54) is 6.04 Å². The van der Waals surface area contributed by atoms with Crippen LogP contribution in [0, 0.1) is 0 Å². The molecule has 0 radical (unpaired) electrons. The van der Waals surface area contributed by atoms with E-state index in [0.29, 0.717) is 0 Å². The Kier molecular flexibility index (Phi) is 9.07. The lowest BCUT2D eigenvalue weighted by Crippen LogP contribution is -2.43. The SMILES string of the molecule is CCO[Si](C)(C)CCCN(C(C)OC)C(C)OC. The molecule has 0 aliphatic carbocycles. The van der Waals surface area contributed by atoms with Crippen molar-refractivity contribution in [1.82, 2.24) is 4.90 Å². The van der Waals surface area contributed by atoms with Gasteiger partial charge in [-0.15, -0.1) is 0 Å². The third-order valence-electron chi connectivity index (χ3n) is 3.35. The molecule has 0 aromatic heterocycles. The standard InChI is InChI=1S/C13H31NO3Si/c1-8-17-18(6,7)11-9-10-14(12(2)15-4)13(3)16-5/h12-13H,8-11H2,1-7H3. The fourth-order valence-electron chi connectivity index (χ4n) is 2.08. The Morgan fingerprint density at radius 2 is 1.56 bits per heavy atom. The number of hydrogen-bond donors (Lipinski definition) is 0. The van der Waals surface area contributed by atoms with Crippen molar-refractivity contribution in [3.63, 3.8) is 0 Å². The third-order valence-corrected chi connectivity index (χ3v) is 5.97. The van der Waals surface area contributed by atoms with E-state index >= 15 is 0 Å². The van der Waals surface area contributed by atoms with Crippen molar-refractivity contribution in [3.8, 4) is 0 Å². The highest BCUT2D eigenvalue weighted by atomic mass is 28.4. The van der Waals surface area contributed by atoms with Crippen molar-refractivity contribution < 1.29 is 13.9 Å². The Morgan fingerprint density at radius 1 is 1.06 bits per heavy atom.